The summed E-state index contributed by atoms with van der Waals surface area (Å²) in [6.07, 6.45) is 0. The van der Waals surface area contributed by atoms with E-state index in [1.54, 1.807) is 18.2 Å². The molecule has 0 aliphatic carbocycles. The van der Waals surface area contributed by atoms with Gasteiger partial charge in [-0.25, -0.2) is 9.79 Å². The molecule has 4 N–H and O–H groups in total. The number of nitrogens with two attached hydrogens (primary N) is 1. The number of benzene rings is 3. The maximum absolute atomic E-state index is 12.0. The second-order valence-corrected chi connectivity index (χ2v) is 8.51. The van der Waals surface area contributed by atoms with Gasteiger partial charge >= 0.3 is 6.03 Å². The van der Waals surface area contributed by atoms with Crippen LogP contribution in [0, 0.1) is 0 Å². The van der Waals surface area contributed by atoms with Crippen molar-refractivity contribution in [1.29, 1.82) is 0 Å². The molecule has 0 heterocycles. The maximum Gasteiger partial charge on any atom is 0.321 e. The van der Waals surface area contributed by atoms with E-state index in [1.807, 2.05) is 81.4 Å². The van der Waals surface area contributed by atoms with Crippen LogP contribution in [-0.4, -0.2) is 17.5 Å². The molecule has 0 unspecified atom stereocenters. The molecule has 0 atom stereocenters. The first kappa shape index (κ1) is 23.7. The number of carbonyl (C=O) groups is 1. The highest BCUT2D eigenvalue weighted by molar-refractivity contribution is 5.96. The van der Waals surface area contributed by atoms with Crippen molar-refractivity contribution in [3.8, 4) is 11.5 Å². The Morgan fingerprint density at radius 2 is 1.39 bits per heavy atom. The van der Waals surface area contributed by atoms with Crippen molar-refractivity contribution >= 4 is 17.7 Å². The van der Waals surface area contributed by atoms with Crippen LogP contribution < -0.4 is 25.8 Å². The number of ether oxygens (including phenoxy) is 2. The first-order chi connectivity index (χ1) is 15.8. The molecule has 2 amide bonds. The van der Waals surface area contributed by atoms with Crippen molar-refractivity contribution in [2.24, 2.45) is 10.7 Å². The Kier molecular flexibility index (Phi) is 7.91. The summed E-state index contributed by atoms with van der Waals surface area (Å²) in [5, 5.41) is 5.30. The maximum atomic E-state index is 12.0. The van der Waals surface area contributed by atoms with Gasteiger partial charge in [-0.1, -0.05) is 60.7 Å². The molecule has 0 aliphatic rings. The van der Waals surface area contributed by atoms with E-state index < -0.39 is 6.03 Å². The molecule has 0 aliphatic heterocycles. The zero-order valence-corrected chi connectivity index (χ0v) is 19.2. The average molecular weight is 447 g/mol. The average Bonchev–Trinajstić information content (AvgIpc) is 2.77. The minimum Gasteiger partial charge on any atom is -0.485 e. The van der Waals surface area contributed by atoms with E-state index in [0.717, 1.165) is 11.1 Å². The number of urea groups is 1. The first-order valence-electron chi connectivity index (χ1n) is 10.7. The molecule has 0 spiro atoms. The van der Waals surface area contributed by atoms with Crippen LogP contribution >= 0.6 is 0 Å². The van der Waals surface area contributed by atoms with Crippen molar-refractivity contribution in [3.63, 3.8) is 0 Å². The number of nitrogens with one attached hydrogen (secondary N) is 2. The predicted molar refractivity (Wildman–Crippen MR) is 131 cm³/mol. The Labute approximate surface area is 194 Å². The summed E-state index contributed by atoms with van der Waals surface area (Å²) in [5.41, 5.74) is 8.13. The summed E-state index contributed by atoms with van der Waals surface area (Å²) < 4.78 is 12.1. The number of hydrogen-bond acceptors (Lipinski definition) is 4. The molecular weight excluding hydrogens is 416 g/mol. The number of hydrogen-bond donors (Lipinski definition) is 3. The molecule has 3 rings (SSSR count). The van der Waals surface area contributed by atoms with Gasteiger partial charge in [-0.2, -0.15) is 0 Å². The Hall–Kier alpha value is -4.00. The number of amides is 2. The van der Waals surface area contributed by atoms with Gasteiger partial charge in [0.05, 0.1) is 5.69 Å². The minimum absolute atomic E-state index is 0.0243. The first-order valence-corrected chi connectivity index (χ1v) is 10.7. The predicted octanol–water partition coefficient (Wildman–Crippen LogP) is 4.89. The molecule has 7 heteroatoms. The Bertz CT molecular complexity index is 1080. The normalized spacial score (nSPS) is 11.5. The van der Waals surface area contributed by atoms with Crippen molar-refractivity contribution in [3.05, 3.63) is 90.0 Å². The van der Waals surface area contributed by atoms with E-state index in [0.29, 0.717) is 30.4 Å². The van der Waals surface area contributed by atoms with Crippen molar-refractivity contribution in [2.45, 2.75) is 39.5 Å². The SMILES string of the molecule is CC(C)(C)NC(=O)NC(N)=Nc1ccc(OCc2ccccc2)c(OCc2ccccc2)c1. The van der Waals surface area contributed by atoms with Gasteiger partial charge in [0.2, 0.25) is 5.96 Å². The lowest BCUT2D eigenvalue weighted by atomic mass is 10.1. The lowest BCUT2D eigenvalue weighted by molar-refractivity contribution is 0.236. The molecule has 3 aromatic carbocycles. The highest BCUT2D eigenvalue weighted by Gasteiger charge is 2.14. The van der Waals surface area contributed by atoms with Gasteiger partial charge in [0, 0.05) is 11.6 Å². The fourth-order valence-electron chi connectivity index (χ4n) is 2.92. The van der Waals surface area contributed by atoms with Crippen LogP contribution in [0.4, 0.5) is 10.5 Å². The van der Waals surface area contributed by atoms with Crippen LogP contribution in [0.5, 0.6) is 11.5 Å². The highest BCUT2D eigenvalue weighted by atomic mass is 16.5. The summed E-state index contributed by atoms with van der Waals surface area (Å²) >= 11 is 0. The van der Waals surface area contributed by atoms with Gasteiger partial charge in [-0.3, -0.25) is 5.32 Å². The monoisotopic (exact) mass is 446 g/mol. The van der Waals surface area contributed by atoms with Gasteiger partial charge in [-0.15, -0.1) is 0 Å². The van der Waals surface area contributed by atoms with Gasteiger partial charge < -0.3 is 20.5 Å². The molecule has 172 valence electrons. The van der Waals surface area contributed by atoms with E-state index in [4.69, 9.17) is 15.2 Å². The third kappa shape index (κ3) is 8.22. The fraction of sp³-hybridized carbons (Fsp3) is 0.231. The van der Waals surface area contributed by atoms with Crippen molar-refractivity contribution in [1.82, 2.24) is 10.6 Å². The summed E-state index contributed by atoms with van der Waals surface area (Å²) in [5.74, 6) is 1.09. The van der Waals surface area contributed by atoms with Crippen LogP contribution in [-0.2, 0) is 13.2 Å². The number of carbonyl (C=O) groups excluding carboxylic acids is 1. The minimum atomic E-state index is -0.424. The second-order valence-electron chi connectivity index (χ2n) is 8.51. The molecule has 0 saturated carbocycles. The van der Waals surface area contributed by atoms with E-state index in [1.165, 1.54) is 0 Å². The standard InChI is InChI=1S/C26H30N4O3/c1-26(2,3)30-25(31)29-24(27)28-21-14-15-22(32-17-19-10-6-4-7-11-19)23(16-21)33-18-20-12-8-5-9-13-20/h4-16H,17-18H2,1-3H3,(H4,27,28,29,30,31). The quantitative estimate of drug-likeness (QED) is 0.356. The fourth-order valence-corrected chi connectivity index (χ4v) is 2.92. The van der Waals surface area contributed by atoms with Crippen LogP contribution in [0.25, 0.3) is 0 Å². The van der Waals surface area contributed by atoms with Crippen molar-refractivity contribution in [2.75, 3.05) is 0 Å². The van der Waals surface area contributed by atoms with Gasteiger partial charge in [0.25, 0.3) is 0 Å². The summed E-state index contributed by atoms with van der Waals surface area (Å²) in [7, 11) is 0. The van der Waals surface area contributed by atoms with Crippen LogP contribution in [0.3, 0.4) is 0 Å². The smallest absolute Gasteiger partial charge is 0.321 e. The third-order valence-electron chi connectivity index (χ3n) is 4.38. The van der Waals surface area contributed by atoms with Gasteiger partial charge in [0.1, 0.15) is 13.2 Å². The number of aliphatic imine (C=N–C) groups is 1. The van der Waals surface area contributed by atoms with Crippen LogP contribution in [0.15, 0.2) is 83.9 Å². The van der Waals surface area contributed by atoms with Gasteiger partial charge in [0.15, 0.2) is 11.5 Å². The van der Waals surface area contributed by atoms with Crippen LogP contribution in [0.1, 0.15) is 31.9 Å². The molecule has 0 bridgehead atoms. The summed E-state index contributed by atoms with van der Waals surface area (Å²) in [4.78, 5) is 16.3. The van der Waals surface area contributed by atoms with E-state index in [9.17, 15) is 4.79 Å². The van der Waals surface area contributed by atoms with E-state index in [2.05, 4.69) is 15.6 Å². The second kappa shape index (κ2) is 11.0. The molecule has 33 heavy (non-hydrogen) atoms. The lowest BCUT2D eigenvalue weighted by Gasteiger charge is -2.20. The molecule has 0 radical (unpaired) electrons. The number of rotatable bonds is 7. The molecule has 0 saturated heterocycles. The number of nitrogens with zero attached hydrogens (tertiary/aromatic N) is 1. The molecule has 7 nitrogen and oxygen atoms in total. The molecule has 0 fully saturated rings. The summed E-state index contributed by atoms with van der Waals surface area (Å²) in [6, 6.07) is 24.6. The van der Waals surface area contributed by atoms with E-state index in [-0.39, 0.29) is 11.5 Å². The summed E-state index contributed by atoms with van der Waals surface area (Å²) in [6.45, 7) is 6.42. The van der Waals surface area contributed by atoms with Crippen molar-refractivity contribution < 1.29 is 14.3 Å². The Morgan fingerprint density at radius 1 is 0.848 bits per heavy atom. The van der Waals surface area contributed by atoms with E-state index >= 15 is 0 Å². The molecule has 0 aromatic heterocycles. The topological polar surface area (TPSA) is 98.0 Å². The third-order valence-corrected chi connectivity index (χ3v) is 4.38. The van der Waals surface area contributed by atoms with Gasteiger partial charge in [-0.05, 0) is 44.0 Å². The molecular formula is C26H30N4O3. The zero-order chi connectivity index (χ0) is 23.7. The van der Waals surface area contributed by atoms with Crippen LogP contribution in [0.2, 0.25) is 0 Å². The Morgan fingerprint density at radius 3 is 1.94 bits per heavy atom. The number of guanidine groups is 1. The zero-order valence-electron chi connectivity index (χ0n) is 19.2. The highest BCUT2D eigenvalue weighted by Crippen LogP contribution is 2.33. The Balaban J connectivity index is 1.76. The largest absolute Gasteiger partial charge is 0.485 e. The lowest BCUT2D eigenvalue weighted by Crippen LogP contribution is -2.50. The molecule has 3 aromatic rings.